The number of hydrogen-bond donors (Lipinski definition) is 0. The van der Waals surface area contributed by atoms with Gasteiger partial charge in [0.25, 0.3) is 0 Å². The quantitative estimate of drug-likeness (QED) is 0.777. The van der Waals surface area contributed by atoms with Gasteiger partial charge in [0.15, 0.2) is 0 Å². The predicted molar refractivity (Wildman–Crippen MR) is 63.4 cm³/mol. The first-order chi connectivity index (χ1) is 6.72. The van der Waals surface area contributed by atoms with Crippen LogP contribution >= 0.6 is 27.3 Å². The highest BCUT2D eigenvalue weighted by molar-refractivity contribution is 9.09. The average molecular weight is 276 g/mol. The first-order valence-corrected chi connectivity index (χ1v) is 6.79. The van der Waals surface area contributed by atoms with Crippen LogP contribution in [0.4, 0.5) is 5.13 Å². The van der Waals surface area contributed by atoms with E-state index in [9.17, 15) is 0 Å². The summed E-state index contributed by atoms with van der Waals surface area (Å²) < 4.78 is 0. The van der Waals surface area contributed by atoms with Gasteiger partial charge in [0.05, 0.1) is 0 Å². The number of anilines is 1. The summed E-state index contributed by atoms with van der Waals surface area (Å²) in [6.45, 7) is 5.39. The summed E-state index contributed by atoms with van der Waals surface area (Å²) in [5, 5.41) is 11.5. The molecule has 1 aromatic rings. The summed E-state index contributed by atoms with van der Waals surface area (Å²) in [6.07, 6.45) is 1.26. The fourth-order valence-electron chi connectivity index (χ4n) is 1.88. The molecule has 2 unspecified atom stereocenters. The van der Waals surface area contributed by atoms with Crippen molar-refractivity contribution in [1.82, 2.24) is 10.2 Å². The molecule has 1 aromatic heterocycles. The van der Waals surface area contributed by atoms with Crippen molar-refractivity contribution in [2.24, 2.45) is 5.92 Å². The molecule has 1 aliphatic rings. The average Bonchev–Trinajstić information content (AvgIpc) is 2.72. The smallest absolute Gasteiger partial charge is 0.208 e. The second-order valence-electron chi connectivity index (χ2n) is 3.74. The molecular weight excluding hydrogens is 262 g/mol. The third-order valence-electron chi connectivity index (χ3n) is 2.87. The summed E-state index contributed by atoms with van der Waals surface area (Å²) in [4.78, 5) is 2.37. The van der Waals surface area contributed by atoms with Crippen LogP contribution in [0.15, 0.2) is 0 Å². The van der Waals surface area contributed by atoms with Gasteiger partial charge < -0.3 is 4.90 Å². The Kier molecular flexibility index (Phi) is 3.07. The van der Waals surface area contributed by atoms with Gasteiger partial charge in [-0.1, -0.05) is 27.3 Å². The zero-order chi connectivity index (χ0) is 10.1. The van der Waals surface area contributed by atoms with E-state index in [2.05, 4.69) is 38.0 Å². The van der Waals surface area contributed by atoms with Gasteiger partial charge in [0, 0.05) is 17.9 Å². The van der Waals surface area contributed by atoms with E-state index < -0.39 is 0 Å². The lowest BCUT2D eigenvalue weighted by Gasteiger charge is -2.22. The lowest BCUT2D eigenvalue weighted by atomic mass is 10.1. The molecule has 2 heterocycles. The highest BCUT2D eigenvalue weighted by atomic mass is 79.9. The van der Waals surface area contributed by atoms with Crippen molar-refractivity contribution in [2.45, 2.75) is 26.3 Å². The maximum atomic E-state index is 4.20. The van der Waals surface area contributed by atoms with Crippen LogP contribution in [0.3, 0.4) is 0 Å². The molecule has 1 aliphatic heterocycles. The molecule has 78 valence electrons. The molecule has 0 aliphatic carbocycles. The monoisotopic (exact) mass is 275 g/mol. The Bertz CT molecular complexity index is 315. The predicted octanol–water partition coefficient (Wildman–Crippen LogP) is 2.46. The van der Waals surface area contributed by atoms with Crippen molar-refractivity contribution in [3.63, 3.8) is 0 Å². The van der Waals surface area contributed by atoms with Gasteiger partial charge in [-0.05, 0) is 26.2 Å². The molecule has 0 aromatic carbocycles. The van der Waals surface area contributed by atoms with E-state index in [-0.39, 0.29) is 0 Å². The van der Waals surface area contributed by atoms with Crippen LogP contribution in [0.25, 0.3) is 0 Å². The van der Waals surface area contributed by atoms with E-state index >= 15 is 0 Å². The first-order valence-electron chi connectivity index (χ1n) is 4.85. The van der Waals surface area contributed by atoms with Crippen LogP contribution < -0.4 is 4.90 Å². The number of halogens is 1. The van der Waals surface area contributed by atoms with Gasteiger partial charge in [-0.25, -0.2) is 0 Å². The molecule has 3 nitrogen and oxygen atoms in total. The van der Waals surface area contributed by atoms with E-state index in [1.807, 2.05) is 6.92 Å². The lowest BCUT2D eigenvalue weighted by molar-refractivity contribution is 0.557. The molecule has 1 saturated heterocycles. The molecule has 1 fully saturated rings. The standard InChI is InChI=1S/C9H14BrN3S/c1-6-8(5-10)3-4-13(6)9-12-11-7(2)14-9/h6,8H,3-5H2,1-2H3. The van der Waals surface area contributed by atoms with Crippen LogP contribution in [0.2, 0.25) is 0 Å². The number of nitrogens with zero attached hydrogens (tertiary/aromatic N) is 3. The third-order valence-corrected chi connectivity index (χ3v) is 4.58. The van der Waals surface area contributed by atoms with E-state index in [4.69, 9.17) is 0 Å². The van der Waals surface area contributed by atoms with E-state index in [1.165, 1.54) is 6.42 Å². The molecule has 14 heavy (non-hydrogen) atoms. The molecule has 2 atom stereocenters. The van der Waals surface area contributed by atoms with Gasteiger partial charge >= 0.3 is 0 Å². The van der Waals surface area contributed by atoms with Crippen LogP contribution in [-0.2, 0) is 0 Å². The Balaban J connectivity index is 2.13. The summed E-state index contributed by atoms with van der Waals surface area (Å²) in [6, 6.07) is 0.585. The van der Waals surface area contributed by atoms with Crippen molar-refractivity contribution in [3.8, 4) is 0 Å². The molecule has 0 radical (unpaired) electrons. The molecule has 0 N–H and O–H groups in total. The highest BCUT2D eigenvalue weighted by Gasteiger charge is 2.31. The molecule has 0 bridgehead atoms. The van der Waals surface area contributed by atoms with Crippen molar-refractivity contribution < 1.29 is 0 Å². The van der Waals surface area contributed by atoms with Gasteiger partial charge in [-0.15, -0.1) is 10.2 Å². The molecular formula is C9H14BrN3S. The largest absolute Gasteiger partial charge is 0.344 e. The Morgan fingerprint density at radius 2 is 2.36 bits per heavy atom. The number of aromatic nitrogens is 2. The van der Waals surface area contributed by atoms with Crippen LogP contribution in [0, 0.1) is 12.8 Å². The van der Waals surface area contributed by atoms with Crippen molar-refractivity contribution in [2.75, 3.05) is 16.8 Å². The second-order valence-corrected chi connectivity index (χ2v) is 5.55. The van der Waals surface area contributed by atoms with Crippen molar-refractivity contribution in [3.05, 3.63) is 5.01 Å². The second kappa shape index (κ2) is 4.14. The van der Waals surface area contributed by atoms with Gasteiger partial charge in [0.2, 0.25) is 5.13 Å². The van der Waals surface area contributed by atoms with Crippen LogP contribution in [0.5, 0.6) is 0 Å². The zero-order valence-electron chi connectivity index (χ0n) is 8.40. The Labute approximate surface area is 96.7 Å². The highest BCUT2D eigenvalue weighted by Crippen LogP contribution is 2.32. The molecule has 5 heteroatoms. The van der Waals surface area contributed by atoms with Gasteiger partial charge in [0.1, 0.15) is 5.01 Å². The van der Waals surface area contributed by atoms with Crippen LogP contribution in [0.1, 0.15) is 18.4 Å². The number of aryl methyl sites for hydroxylation is 1. The number of hydrogen-bond acceptors (Lipinski definition) is 4. The Morgan fingerprint density at radius 3 is 2.86 bits per heavy atom. The molecule has 0 spiro atoms. The fourth-order valence-corrected chi connectivity index (χ4v) is 3.55. The minimum atomic E-state index is 0.585. The minimum Gasteiger partial charge on any atom is -0.344 e. The summed E-state index contributed by atoms with van der Waals surface area (Å²) in [5.74, 6) is 0.749. The third kappa shape index (κ3) is 1.80. The Morgan fingerprint density at radius 1 is 1.57 bits per heavy atom. The SMILES string of the molecule is Cc1nnc(N2CCC(CBr)C2C)s1. The van der Waals surface area contributed by atoms with E-state index in [1.54, 1.807) is 11.3 Å². The number of rotatable bonds is 2. The molecule has 2 rings (SSSR count). The van der Waals surface area contributed by atoms with Crippen molar-refractivity contribution in [1.29, 1.82) is 0 Å². The maximum Gasteiger partial charge on any atom is 0.208 e. The van der Waals surface area contributed by atoms with Gasteiger partial charge in [-0.2, -0.15) is 0 Å². The minimum absolute atomic E-state index is 0.585. The van der Waals surface area contributed by atoms with Gasteiger partial charge in [-0.3, -0.25) is 0 Å². The fraction of sp³-hybridized carbons (Fsp3) is 0.778. The van der Waals surface area contributed by atoms with Crippen LogP contribution in [-0.4, -0.2) is 28.1 Å². The van der Waals surface area contributed by atoms with Crippen molar-refractivity contribution >= 4 is 32.4 Å². The maximum absolute atomic E-state index is 4.20. The molecule has 0 saturated carbocycles. The zero-order valence-corrected chi connectivity index (χ0v) is 10.8. The lowest BCUT2D eigenvalue weighted by Crippen LogP contribution is -2.30. The summed E-state index contributed by atoms with van der Waals surface area (Å²) >= 11 is 5.25. The number of alkyl halides is 1. The first kappa shape index (κ1) is 10.4. The summed E-state index contributed by atoms with van der Waals surface area (Å²) in [5.41, 5.74) is 0. The molecule has 0 amide bonds. The van der Waals surface area contributed by atoms with E-state index in [0.29, 0.717) is 6.04 Å². The summed E-state index contributed by atoms with van der Waals surface area (Å²) in [7, 11) is 0. The Hall–Kier alpha value is -0.160. The van der Waals surface area contributed by atoms with E-state index in [0.717, 1.165) is 27.9 Å². The topological polar surface area (TPSA) is 29.0 Å². The normalized spacial score (nSPS) is 27.2.